The molecule has 0 N–H and O–H groups in total. The second kappa shape index (κ2) is 14.4. The second-order valence-corrected chi connectivity index (χ2v) is 10.8. The molecule has 4 heteroatoms. The smallest absolute Gasteiger partial charge is 0.108 e. The Bertz CT molecular complexity index is 1070. The fourth-order valence-corrected chi connectivity index (χ4v) is 5.75. The average molecular weight is 535 g/mol. The summed E-state index contributed by atoms with van der Waals surface area (Å²) in [5.41, 5.74) is 4.79. The zero-order valence-corrected chi connectivity index (χ0v) is 23.8. The monoisotopic (exact) mass is 534 g/mol. The van der Waals surface area contributed by atoms with Crippen LogP contribution in [0.5, 0.6) is 0 Å². The molecule has 1 saturated heterocycles. The van der Waals surface area contributed by atoms with Gasteiger partial charge in [0.05, 0.1) is 13.2 Å². The largest absolute Gasteiger partial charge is 0.367 e. The van der Waals surface area contributed by atoms with Crippen LogP contribution in [0.15, 0.2) is 121 Å². The summed E-state index contributed by atoms with van der Waals surface area (Å²) in [5, 5.41) is 0. The van der Waals surface area contributed by atoms with Gasteiger partial charge in [-0.1, -0.05) is 121 Å². The highest BCUT2D eigenvalue weighted by molar-refractivity contribution is 5.31. The molecule has 0 aromatic heterocycles. The van der Waals surface area contributed by atoms with Crippen molar-refractivity contribution in [2.24, 2.45) is 0 Å². The van der Waals surface area contributed by atoms with Gasteiger partial charge in [0.2, 0.25) is 0 Å². The van der Waals surface area contributed by atoms with Gasteiger partial charge in [-0.05, 0) is 36.1 Å². The Morgan fingerprint density at radius 1 is 0.500 bits per heavy atom. The van der Waals surface area contributed by atoms with Crippen LogP contribution >= 0.6 is 0 Å². The molecule has 0 aliphatic carbocycles. The van der Waals surface area contributed by atoms with Gasteiger partial charge in [-0.2, -0.15) is 0 Å². The molecule has 0 bridgehead atoms. The fraction of sp³-hybridized carbons (Fsp3) is 0.333. The maximum Gasteiger partial charge on any atom is 0.108 e. The summed E-state index contributed by atoms with van der Waals surface area (Å²) in [5.74, 6) is 0. The molecule has 0 saturated carbocycles. The fourth-order valence-electron chi connectivity index (χ4n) is 5.75. The molecule has 0 amide bonds. The quantitative estimate of drug-likeness (QED) is 0.196. The number of hydrogen-bond acceptors (Lipinski definition) is 4. The Kier molecular flexibility index (Phi) is 10.2. The van der Waals surface area contributed by atoms with Gasteiger partial charge in [0.1, 0.15) is 12.2 Å². The first kappa shape index (κ1) is 28.3. The maximum atomic E-state index is 6.53. The van der Waals surface area contributed by atoms with Crippen molar-refractivity contribution >= 4 is 0 Å². The van der Waals surface area contributed by atoms with Crippen LogP contribution in [0.3, 0.4) is 0 Å². The first-order chi connectivity index (χ1) is 19.7. The summed E-state index contributed by atoms with van der Waals surface area (Å²) >= 11 is 0. The van der Waals surface area contributed by atoms with Crippen molar-refractivity contribution in [3.8, 4) is 0 Å². The summed E-state index contributed by atoms with van der Waals surface area (Å²) in [6.45, 7) is 9.99. The van der Waals surface area contributed by atoms with Crippen LogP contribution in [0.25, 0.3) is 0 Å². The molecule has 1 aliphatic heterocycles. The van der Waals surface area contributed by atoms with E-state index in [2.05, 4.69) is 145 Å². The summed E-state index contributed by atoms with van der Waals surface area (Å²) in [6, 6.07) is 43.1. The van der Waals surface area contributed by atoms with Crippen molar-refractivity contribution in [2.45, 2.75) is 38.1 Å². The standard InChI is InChI=1S/C36H42N2O2/c1-29-27-38(24-26-40-36(33-19-11-5-12-20-33)34-21-13-6-14-22-34)30(2)28-37(29)23-25-39-35(31-15-7-3-8-16-31)32-17-9-4-10-18-32/h3-22,29-30,35-36H,23-28H2,1-2H3. The lowest BCUT2D eigenvalue weighted by atomic mass is 10.0. The van der Waals surface area contributed by atoms with E-state index in [4.69, 9.17) is 9.47 Å². The van der Waals surface area contributed by atoms with Gasteiger partial charge < -0.3 is 9.47 Å². The highest BCUT2D eigenvalue weighted by Crippen LogP contribution is 2.27. The van der Waals surface area contributed by atoms with E-state index in [1.54, 1.807) is 0 Å². The molecule has 40 heavy (non-hydrogen) atoms. The van der Waals surface area contributed by atoms with Crippen molar-refractivity contribution in [3.63, 3.8) is 0 Å². The number of rotatable bonds is 12. The number of nitrogens with zero attached hydrogens (tertiary/aromatic N) is 2. The Morgan fingerprint density at radius 2 is 0.775 bits per heavy atom. The molecular weight excluding hydrogens is 492 g/mol. The average Bonchev–Trinajstić information content (AvgIpc) is 3.01. The predicted octanol–water partition coefficient (Wildman–Crippen LogP) is 6.99. The normalized spacial score (nSPS) is 18.4. The third-order valence-corrected chi connectivity index (χ3v) is 7.98. The van der Waals surface area contributed by atoms with Crippen LogP contribution in [0, 0.1) is 0 Å². The molecule has 2 unspecified atom stereocenters. The molecule has 4 aromatic rings. The number of ether oxygens (including phenoxy) is 2. The minimum atomic E-state index is -0.0456. The van der Waals surface area contributed by atoms with Gasteiger partial charge in [0.25, 0.3) is 0 Å². The first-order valence-corrected chi connectivity index (χ1v) is 14.6. The summed E-state index contributed by atoms with van der Waals surface area (Å²) < 4.78 is 13.1. The van der Waals surface area contributed by atoms with E-state index < -0.39 is 0 Å². The van der Waals surface area contributed by atoms with Crippen LogP contribution in [-0.2, 0) is 9.47 Å². The predicted molar refractivity (Wildman–Crippen MR) is 163 cm³/mol. The summed E-state index contributed by atoms with van der Waals surface area (Å²) in [4.78, 5) is 5.15. The van der Waals surface area contributed by atoms with E-state index in [9.17, 15) is 0 Å². The molecule has 208 valence electrons. The minimum absolute atomic E-state index is 0.0456. The lowest BCUT2D eigenvalue weighted by Gasteiger charge is -2.44. The molecule has 1 heterocycles. The zero-order valence-electron chi connectivity index (χ0n) is 23.8. The third-order valence-electron chi connectivity index (χ3n) is 7.98. The first-order valence-electron chi connectivity index (χ1n) is 14.6. The number of benzene rings is 4. The van der Waals surface area contributed by atoms with Crippen molar-refractivity contribution < 1.29 is 9.47 Å². The van der Waals surface area contributed by atoms with Crippen molar-refractivity contribution in [1.82, 2.24) is 9.80 Å². The van der Waals surface area contributed by atoms with E-state index in [1.165, 1.54) is 22.3 Å². The minimum Gasteiger partial charge on any atom is -0.367 e. The van der Waals surface area contributed by atoms with Crippen molar-refractivity contribution in [1.29, 1.82) is 0 Å². The Morgan fingerprint density at radius 3 is 1.05 bits per heavy atom. The van der Waals surface area contributed by atoms with E-state index in [-0.39, 0.29) is 12.2 Å². The molecule has 0 spiro atoms. The van der Waals surface area contributed by atoms with Crippen molar-refractivity contribution in [3.05, 3.63) is 144 Å². The van der Waals surface area contributed by atoms with Gasteiger partial charge in [-0.15, -0.1) is 0 Å². The molecule has 4 aromatic carbocycles. The van der Waals surface area contributed by atoms with E-state index in [0.29, 0.717) is 25.3 Å². The van der Waals surface area contributed by atoms with Gasteiger partial charge in [-0.25, -0.2) is 0 Å². The lowest BCUT2D eigenvalue weighted by molar-refractivity contribution is -0.00992. The molecule has 2 atom stereocenters. The second-order valence-electron chi connectivity index (χ2n) is 10.8. The topological polar surface area (TPSA) is 24.9 Å². The van der Waals surface area contributed by atoms with Gasteiger partial charge in [0.15, 0.2) is 0 Å². The van der Waals surface area contributed by atoms with E-state index >= 15 is 0 Å². The Hall–Kier alpha value is -3.28. The number of piperazine rings is 1. The van der Waals surface area contributed by atoms with Crippen LogP contribution < -0.4 is 0 Å². The third kappa shape index (κ3) is 7.47. The van der Waals surface area contributed by atoms with Crippen molar-refractivity contribution in [2.75, 3.05) is 39.4 Å². The van der Waals surface area contributed by atoms with Crippen LogP contribution in [0.1, 0.15) is 48.3 Å². The summed E-state index contributed by atoms with van der Waals surface area (Å²) in [7, 11) is 0. The lowest BCUT2D eigenvalue weighted by Crippen LogP contribution is -2.57. The molecule has 1 aliphatic rings. The van der Waals surface area contributed by atoms with Crippen LogP contribution in [0.4, 0.5) is 0 Å². The molecule has 4 nitrogen and oxygen atoms in total. The van der Waals surface area contributed by atoms with Gasteiger partial charge in [0, 0.05) is 38.3 Å². The number of hydrogen-bond donors (Lipinski definition) is 0. The Labute approximate surface area is 240 Å². The summed E-state index contributed by atoms with van der Waals surface area (Å²) in [6.07, 6.45) is -0.0912. The zero-order chi connectivity index (χ0) is 27.6. The molecule has 1 fully saturated rings. The highest BCUT2D eigenvalue weighted by Gasteiger charge is 2.29. The van der Waals surface area contributed by atoms with Gasteiger partial charge >= 0.3 is 0 Å². The molecule has 5 rings (SSSR count). The Balaban J connectivity index is 1.13. The maximum absolute atomic E-state index is 6.53. The van der Waals surface area contributed by atoms with E-state index in [1.807, 2.05) is 0 Å². The SMILES string of the molecule is CC1CN(CCOC(c2ccccc2)c2ccccc2)C(C)CN1CCOC(c1ccccc1)c1ccccc1. The van der Waals surface area contributed by atoms with E-state index in [0.717, 1.165) is 26.2 Å². The van der Waals surface area contributed by atoms with Crippen LogP contribution in [-0.4, -0.2) is 61.3 Å². The van der Waals surface area contributed by atoms with Gasteiger partial charge in [-0.3, -0.25) is 9.80 Å². The van der Waals surface area contributed by atoms with Crippen LogP contribution in [0.2, 0.25) is 0 Å². The molecule has 0 radical (unpaired) electrons. The highest BCUT2D eigenvalue weighted by atomic mass is 16.5. The molecular formula is C36H42N2O2.